The summed E-state index contributed by atoms with van der Waals surface area (Å²) < 4.78 is 37.6. The van der Waals surface area contributed by atoms with Crippen molar-refractivity contribution in [1.82, 2.24) is 4.98 Å². The monoisotopic (exact) mass is 263 g/mol. The zero-order valence-corrected chi connectivity index (χ0v) is 10.4. The van der Waals surface area contributed by atoms with Crippen LogP contribution in [0.1, 0.15) is 0 Å². The van der Waals surface area contributed by atoms with E-state index in [0.717, 1.165) is 6.07 Å². The molecule has 0 saturated carbocycles. The number of methoxy groups -OCH3 is 2. The van der Waals surface area contributed by atoms with Gasteiger partial charge in [-0.1, -0.05) is 0 Å². The number of nitrogens with one attached hydrogen (secondary N) is 1. The van der Waals surface area contributed by atoms with E-state index in [4.69, 9.17) is 9.47 Å². The quantitative estimate of drug-likeness (QED) is 0.766. The van der Waals surface area contributed by atoms with Crippen LogP contribution in [0.2, 0.25) is 0 Å². The summed E-state index contributed by atoms with van der Waals surface area (Å²) in [4.78, 5) is 2.97. The molecule has 0 atom stereocenters. The van der Waals surface area contributed by atoms with E-state index in [9.17, 15) is 8.78 Å². The van der Waals surface area contributed by atoms with Crippen LogP contribution in [0.25, 0.3) is 21.8 Å². The standard InChI is InChI=1S/C14H11F2NO2/c1-18-11-4-3-8-12-9(16)5-7(15)6-10(12)17-13(8)14(11)19-2/h3-6,17H,1-2H3. The van der Waals surface area contributed by atoms with Gasteiger partial charge in [-0.3, -0.25) is 0 Å². The molecule has 98 valence electrons. The predicted octanol–water partition coefficient (Wildman–Crippen LogP) is 3.62. The van der Waals surface area contributed by atoms with Gasteiger partial charge in [0.2, 0.25) is 0 Å². The maximum absolute atomic E-state index is 13.9. The minimum absolute atomic E-state index is 0.345. The SMILES string of the molecule is COc1ccc2c([nH]c3cc(F)cc(F)c32)c1OC. The van der Waals surface area contributed by atoms with E-state index in [0.29, 0.717) is 33.3 Å². The maximum atomic E-state index is 13.9. The topological polar surface area (TPSA) is 34.2 Å². The van der Waals surface area contributed by atoms with Crippen molar-refractivity contribution < 1.29 is 18.3 Å². The Bertz CT molecular complexity index is 780. The Morgan fingerprint density at radius 2 is 1.84 bits per heavy atom. The lowest BCUT2D eigenvalue weighted by atomic mass is 10.1. The number of fused-ring (bicyclic) bond motifs is 3. The smallest absolute Gasteiger partial charge is 0.184 e. The van der Waals surface area contributed by atoms with E-state index in [-0.39, 0.29) is 0 Å². The van der Waals surface area contributed by atoms with Gasteiger partial charge in [-0.25, -0.2) is 8.78 Å². The number of H-pyrrole nitrogens is 1. The number of benzene rings is 2. The lowest BCUT2D eigenvalue weighted by Gasteiger charge is -2.07. The lowest BCUT2D eigenvalue weighted by Crippen LogP contribution is -1.90. The van der Waals surface area contributed by atoms with Gasteiger partial charge in [0.1, 0.15) is 11.6 Å². The summed E-state index contributed by atoms with van der Waals surface area (Å²) in [7, 11) is 3.02. The first-order valence-corrected chi connectivity index (χ1v) is 5.67. The van der Waals surface area contributed by atoms with Gasteiger partial charge in [-0.15, -0.1) is 0 Å². The summed E-state index contributed by atoms with van der Waals surface area (Å²) in [6.45, 7) is 0. The first-order valence-electron chi connectivity index (χ1n) is 5.67. The van der Waals surface area contributed by atoms with Crippen molar-refractivity contribution in [1.29, 1.82) is 0 Å². The molecule has 3 nitrogen and oxygen atoms in total. The number of hydrogen-bond donors (Lipinski definition) is 1. The van der Waals surface area contributed by atoms with Gasteiger partial charge in [-0.2, -0.15) is 0 Å². The second-order valence-electron chi connectivity index (χ2n) is 4.16. The van der Waals surface area contributed by atoms with Crippen molar-refractivity contribution in [2.24, 2.45) is 0 Å². The molecule has 3 aromatic rings. The minimum atomic E-state index is -0.623. The van der Waals surface area contributed by atoms with Gasteiger partial charge in [0.25, 0.3) is 0 Å². The van der Waals surface area contributed by atoms with E-state index >= 15 is 0 Å². The number of rotatable bonds is 2. The Morgan fingerprint density at radius 3 is 2.53 bits per heavy atom. The highest BCUT2D eigenvalue weighted by Crippen LogP contribution is 2.39. The van der Waals surface area contributed by atoms with Crippen molar-refractivity contribution in [3.63, 3.8) is 0 Å². The Morgan fingerprint density at radius 1 is 1.05 bits per heavy atom. The van der Waals surface area contributed by atoms with Crippen molar-refractivity contribution in [2.45, 2.75) is 0 Å². The summed E-state index contributed by atoms with van der Waals surface area (Å²) in [5.41, 5.74) is 0.973. The highest BCUT2D eigenvalue weighted by atomic mass is 19.1. The van der Waals surface area contributed by atoms with Crippen molar-refractivity contribution in [3.8, 4) is 11.5 Å². The summed E-state index contributed by atoms with van der Waals surface area (Å²) in [5, 5.41) is 0.975. The predicted molar refractivity (Wildman–Crippen MR) is 68.8 cm³/mol. The number of ether oxygens (including phenoxy) is 2. The average Bonchev–Trinajstić information content (AvgIpc) is 2.75. The second kappa shape index (κ2) is 4.12. The van der Waals surface area contributed by atoms with Gasteiger partial charge in [0.05, 0.1) is 25.3 Å². The van der Waals surface area contributed by atoms with Crippen LogP contribution in [0.4, 0.5) is 8.78 Å². The van der Waals surface area contributed by atoms with Gasteiger partial charge in [0.15, 0.2) is 11.5 Å². The fourth-order valence-corrected chi connectivity index (χ4v) is 2.34. The van der Waals surface area contributed by atoms with Crippen LogP contribution >= 0.6 is 0 Å². The van der Waals surface area contributed by atoms with Gasteiger partial charge < -0.3 is 14.5 Å². The average molecular weight is 263 g/mol. The zero-order valence-electron chi connectivity index (χ0n) is 10.4. The molecule has 0 fully saturated rings. The maximum Gasteiger partial charge on any atom is 0.184 e. The molecule has 1 N–H and O–H groups in total. The van der Waals surface area contributed by atoms with Crippen LogP contribution in [0.15, 0.2) is 24.3 Å². The molecule has 0 aliphatic heterocycles. The number of hydrogen-bond acceptors (Lipinski definition) is 2. The normalized spacial score (nSPS) is 11.2. The van der Waals surface area contributed by atoms with Crippen molar-refractivity contribution in [2.75, 3.05) is 14.2 Å². The molecule has 3 rings (SSSR count). The summed E-state index contributed by atoms with van der Waals surface area (Å²) in [6.07, 6.45) is 0. The third-order valence-corrected chi connectivity index (χ3v) is 3.13. The van der Waals surface area contributed by atoms with Crippen LogP contribution in [-0.4, -0.2) is 19.2 Å². The molecule has 1 heterocycles. The van der Waals surface area contributed by atoms with Crippen molar-refractivity contribution >= 4 is 21.8 Å². The van der Waals surface area contributed by atoms with Gasteiger partial charge >= 0.3 is 0 Å². The van der Waals surface area contributed by atoms with E-state index in [1.807, 2.05) is 0 Å². The molecule has 0 spiro atoms. The fraction of sp³-hybridized carbons (Fsp3) is 0.143. The van der Waals surface area contributed by atoms with Crippen LogP contribution in [-0.2, 0) is 0 Å². The number of halogens is 2. The first kappa shape index (κ1) is 11.8. The summed E-state index contributed by atoms with van der Waals surface area (Å²) >= 11 is 0. The zero-order chi connectivity index (χ0) is 13.6. The summed E-state index contributed by atoms with van der Waals surface area (Å²) in [6, 6.07) is 5.53. The van der Waals surface area contributed by atoms with Crippen molar-refractivity contribution in [3.05, 3.63) is 35.9 Å². The van der Waals surface area contributed by atoms with Crippen LogP contribution in [0.5, 0.6) is 11.5 Å². The lowest BCUT2D eigenvalue weighted by molar-refractivity contribution is 0.358. The second-order valence-corrected chi connectivity index (χ2v) is 4.16. The number of aromatic nitrogens is 1. The molecule has 0 amide bonds. The first-order chi connectivity index (χ1) is 9.15. The highest BCUT2D eigenvalue weighted by Gasteiger charge is 2.16. The van der Waals surface area contributed by atoms with Crippen LogP contribution in [0.3, 0.4) is 0 Å². The van der Waals surface area contributed by atoms with E-state index in [1.165, 1.54) is 20.3 Å². The molecular formula is C14H11F2NO2. The molecular weight excluding hydrogens is 252 g/mol. The molecule has 0 unspecified atom stereocenters. The molecule has 0 radical (unpaired) electrons. The van der Waals surface area contributed by atoms with Crippen LogP contribution < -0.4 is 9.47 Å². The Labute approximate surface area is 107 Å². The molecule has 2 aromatic carbocycles. The summed E-state index contributed by atoms with van der Waals surface area (Å²) in [5.74, 6) is -0.227. The van der Waals surface area contributed by atoms with Crippen LogP contribution in [0, 0.1) is 11.6 Å². The molecule has 0 saturated heterocycles. The van der Waals surface area contributed by atoms with Gasteiger partial charge in [-0.05, 0) is 18.2 Å². The molecule has 19 heavy (non-hydrogen) atoms. The molecule has 0 aliphatic rings. The number of aromatic amines is 1. The van der Waals surface area contributed by atoms with E-state index in [1.54, 1.807) is 12.1 Å². The van der Waals surface area contributed by atoms with E-state index < -0.39 is 11.6 Å². The van der Waals surface area contributed by atoms with E-state index in [2.05, 4.69) is 4.98 Å². The molecule has 5 heteroatoms. The third kappa shape index (κ3) is 1.62. The Kier molecular flexibility index (Phi) is 2.55. The molecule has 1 aromatic heterocycles. The minimum Gasteiger partial charge on any atom is -0.493 e. The Hall–Kier alpha value is -2.30. The molecule has 0 bridgehead atoms. The van der Waals surface area contributed by atoms with Gasteiger partial charge in [0, 0.05) is 16.8 Å². The Balaban J connectivity index is 2.49. The largest absolute Gasteiger partial charge is 0.493 e. The highest BCUT2D eigenvalue weighted by molar-refractivity contribution is 6.10. The third-order valence-electron chi connectivity index (χ3n) is 3.13. The molecule has 0 aliphatic carbocycles. The fourth-order valence-electron chi connectivity index (χ4n) is 2.34.